The fourth-order valence-electron chi connectivity index (χ4n) is 3.46. The molecule has 2 aliphatic rings. The van der Waals surface area contributed by atoms with Crippen LogP contribution in [0.2, 0.25) is 0 Å². The Hall–Kier alpha value is -1.52. The van der Waals surface area contributed by atoms with E-state index in [1.165, 1.54) is 6.07 Å². The predicted octanol–water partition coefficient (Wildman–Crippen LogP) is 4.29. The van der Waals surface area contributed by atoms with Crippen molar-refractivity contribution in [2.75, 3.05) is 13.1 Å². The molecule has 0 aromatic heterocycles. The highest BCUT2D eigenvalue weighted by molar-refractivity contribution is 5.81. The Morgan fingerprint density at radius 2 is 1.91 bits per heavy atom. The fraction of sp³-hybridized carbons (Fsp3) is 0.611. The van der Waals surface area contributed by atoms with Crippen molar-refractivity contribution in [3.63, 3.8) is 0 Å². The van der Waals surface area contributed by atoms with Crippen molar-refractivity contribution in [1.29, 1.82) is 0 Å². The van der Waals surface area contributed by atoms with Crippen molar-refractivity contribution in [2.45, 2.75) is 44.7 Å². The van der Waals surface area contributed by atoms with Crippen molar-refractivity contribution in [2.24, 2.45) is 11.8 Å². The second-order valence-corrected chi connectivity index (χ2v) is 6.76. The van der Waals surface area contributed by atoms with Crippen LogP contribution in [-0.4, -0.2) is 23.9 Å². The molecule has 1 aliphatic carbocycles. The van der Waals surface area contributed by atoms with Gasteiger partial charge in [-0.15, -0.1) is 0 Å². The van der Waals surface area contributed by atoms with E-state index in [0.717, 1.165) is 38.3 Å². The van der Waals surface area contributed by atoms with Crippen LogP contribution in [0, 0.1) is 11.8 Å². The minimum Gasteiger partial charge on any atom is -0.342 e. The molecule has 1 aromatic rings. The maximum Gasteiger partial charge on any atom is 0.416 e. The average Bonchev–Trinajstić information content (AvgIpc) is 3.37. The van der Waals surface area contributed by atoms with Crippen molar-refractivity contribution < 1.29 is 18.0 Å². The topological polar surface area (TPSA) is 20.3 Å². The Morgan fingerprint density at radius 3 is 2.61 bits per heavy atom. The number of carbonyl (C=O) groups excluding carboxylic acids is 1. The van der Waals surface area contributed by atoms with Gasteiger partial charge in [-0.25, -0.2) is 0 Å². The maximum atomic E-state index is 13.0. The van der Waals surface area contributed by atoms with Gasteiger partial charge in [-0.05, 0) is 56.1 Å². The largest absolute Gasteiger partial charge is 0.416 e. The average molecular weight is 325 g/mol. The van der Waals surface area contributed by atoms with E-state index in [1.807, 2.05) is 4.90 Å². The van der Waals surface area contributed by atoms with E-state index in [-0.39, 0.29) is 11.8 Å². The third-order valence-corrected chi connectivity index (χ3v) is 4.90. The van der Waals surface area contributed by atoms with Crippen LogP contribution in [0.4, 0.5) is 13.2 Å². The van der Waals surface area contributed by atoms with E-state index in [2.05, 4.69) is 0 Å². The molecule has 0 spiro atoms. The molecular weight excluding hydrogens is 303 g/mol. The highest BCUT2D eigenvalue weighted by atomic mass is 19.4. The smallest absolute Gasteiger partial charge is 0.342 e. The van der Waals surface area contributed by atoms with Gasteiger partial charge in [0.05, 0.1) is 5.56 Å². The third-order valence-electron chi connectivity index (χ3n) is 4.90. The molecule has 0 bridgehead atoms. The number of likely N-dealkylation sites (tertiary alicyclic amines) is 1. The summed E-state index contributed by atoms with van der Waals surface area (Å²) < 4.78 is 39.1. The van der Waals surface area contributed by atoms with Crippen LogP contribution in [0.5, 0.6) is 0 Å². The fourth-order valence-corrected chi connectivity index (χ4v) is 3.46. The van der Waals surface area contributed by atoms with Gasteiger partial charge in [-0.2, -0.15) is 13.2 Å². The highest BCUT2D eigenvalue weighted by Gasteiger charge is 2.36. The van der Waals surface area contributed by atoms with Crippen molar-refractivity contribution >= 4 is 5.91 Å². The zero-order valence-electron chi connectivity index (χ0n) is 13.1. The van der Waals surface area contributed by atoms with Gasteiger partial charge in [0.25, 0.3) is 0 Å². The Labute approximate surface area is 134 Å². The number of benzene rings is 1. The maximum absolute atomic E-state index is 13.0. The molecule has 1 amide bonds. The monoisotopic (exact) mass is 325 g/mol. The number of nitrogens with zero attached hydrogens (tertiary/aromatic N) is 1. The third kappa shape index (κ3) is 4.06. The molecule has 1 saturated heterocycles. The molecule has 1 atom stereocenters. The number of aryl methyl sites for hydroxylation is 1. The number of carbonyl (C=O) groups is 1. The molecular formula is C18H22F3NO. The van der Waals surface area contributed by atoms with Crippen LogP contribution in [0.1, 0.15) is 43.2 Å². The lowest BCUT2D eigenvalue weighted by molar-refractivity contribution is -0.138. The molecule has 0 radical (unpaired) electrons. The SMILES string of the molecule is O=C(C1CC1)N1CCCC(CCc2ccccc2C(F)(F)F)C1. The molecule has 5 heteroatoms. The van der Waals surface area contributed by atoms with E-state index in [0.29, 0.717) is 30.9 Å². The predicted molar refractivity (Wildman–Crippen MR) is 81.8 cm³/mol. The Balaban J connectivity index is 1.59. The normalized spacial score (nSPS) is 22.2. The molecule has 2 fully saturated rings. The summed E-state index contributed by atoms with van der Waals surface area (Å²) in [5.41, 5.74) is -0.160. The number of rotatable bonds is 4. The first-order valence-electron chi connectivity index (χ1n) is 8.39. The summed E-state index contributed by atoms with van der Waals surface area (Å²) in [4.78, 5) is 14.1. The summed E-state index contributed by atoms with van der Waals surface area (Å²) in [5, 5.41) is 0. The minimum absolute atomic E-state index is 0.222. The zero-order chi connectivity index (χ0) is 16.4. The molecule has 1 aromatic carbocycles. The zero-order valence-corrected chi connectivity index (χ0v) is 13.1. The number of hydrogen-bond acceptors (Lipinski definition) is 1. The lowest BCUT2D eigenvalue weighted by Crippen LogP contribution is -2.40. The lowest BCUT2D eigenvalue weighted by atomic mass is 9.90. The van der Waals surface area contributed by atoms with Crippen LogP contribution in [-0.2, 0) is 17.4 Å². The summed E-state index contributed by atoms with van der Waals surface area (Å²) in [6.07, 6.45) is 0.801. The van der Waals surface area contributed by atoms with Gasteiger partial charge < -0.3 is 4.90 Å². The molecule has 3 rings (SSSR count). The molecule has 0 N–H and O–H groups in total. The van der Waals surface area contributed by atoms with Gasteiger partial charge in [0, 0.05) is 19.0 Å². The van der Waals surface area contributed by atoms with Crippen LogP contribution in [0.25, 0.3) is 0 Å². The second kappa shape index (κ2) is 6.54. The first kappa shape index (κ1) is 16.3. The standard InChI is InChI=1S/C18H22F3NO/c19-18(20,21)16-6-2-1-5-14(16)8-7-13-4-3-11-22(12-13)17(23)15-9-10-15/h1-2,5-6,13,15H,3-4,7-12H2. The van der Waals surface area contributed by atoms with E-state index in [9.17, 15) is 18.0 Å². The molecule has 23 heavy (non-hydrogen) atoms. The lowest BCUT2D eigenvalue weighted by Gasteiger charge is -2.33. The summed E-state index contributed by atoms with van der Waals surface area (Å²) >= 11 is 0. The Morgan fingerprint density at radius 1 is 1.17 bits per heavy atom. The van der Waals surface area contributed by atoms with Crippen molar-refractivity contribution in [3.05, 3.63) is 35.4 Å². The quantitative estimate of drug-likeness (QED) is 0.809. The summed E-state index contributed by atoms with van der Waals surface area (Å²) in [6, 6.07) is 5.81. The van der Waals surface area contributed by atoms with Gasteiger partial charge in [-0.1, -0.05) is 18.2 Å². The molecule has 1 unspecified atom stereocenters. The number of piperidine rings is 1. The molecule has 1 heterocycles. The van der Waals surface area contributed by atoms with Crippen molar-refractivity contribution in [1.82, 2.24) is 4.90 Å². The van der Waals surface area contributed by atoms with Crippen LogP contribution >= 0.6 is 0 Å². The van der Waals surface area contributed by atoms with Crippen LogP contribution < -0.4 is 0 Å². The Bertz CT molecular complexity index is 566. The van der Waals surface area contributed by atoms with E-state index in [1.54, 1.807) is 12.1 Å². The van der Waals surface area contributed by atoms with Gasteiger partial charge in [0.15, 0.2) is 0 Å². The van der Waals surface area contributed by atoms with Gasteiger partial charge in [0.1, 0.15) is 0 Å². The first-order chi connectivity index (χ1) is 10.9. The summed E-state index contributed by atoms with van der Waals surface area (Å²) in [5.74, 6) is 0.790. The molecule has 1 saturated carbocycles. The Kier molecular flexibility index (Phi) is 4.64. The van der Waals surface area contributed by atoms with Crippen LogP contribution in [0.3, 0.4) is 0 Å². The summed E-state index contributed by atoms with van der Waals surface area (Å²) in [6.45, 7) is 1.52. The van der Waals surface area contributed by atoms with E-state index >= 15 is 0 Å². The minimum atomic E-state index is -4.29. The highest BCUT2D eigenvalue weighted by Crippen LogP contribution is 2.35. The molecule has 2 nitrogen and oxygen atoms in total. The van der Waals surface area contributed by atoms with Gasteiger partial charge in [0.2, 0.25) is 5.91 Å². The second-order valence-electron chi connectivity index (χ2n) is 6.76. The number of hydrogen-bond donors (Lipinski definition) is 0. The van der Waals surface area contributed by atoms with Gasteiger partial charge in [-0.3, -0.25) is 4.79 Å². The van der Waals surface area contributed by atoms with Gasteiger partial charge >= 0.3 is 6.18 Å². The molecule has 1 aliphatic heterocycles. The molecule has 126 valence electrons. The van der Waals surface area contributed by atoms with Crippen molar-refractivity contribution in [3.8, 4) is 0 Å². The summed E-state index contributed by atoms with van der Waals surface area (Å²) in [7, 11) is 0. The first-order valence-corrected chi connectivity index (χ1v) is 8.39. The van der Waals surface area contributed by atoms with Crippen LogP contribution in [0.15, 0.2) is 24.3 Å². The number of amides is 1. The van der Waals surface area contributed by atoms with E-state index < -0.39 is 11.7 Å². The number of halogens is 3. The van der Waals surface area contributed by atoms with E-state index in [4.69, 9.17) is 0 Å². The number of alkyl halides is 3.